The van der Waals surface area contributed by atoms with Crippen molar-refractivity contribution < 1.29 is 0 Å². The van der Waals surface area contributed by atoms with Crippen LogP contribution in [0.3, 0.4) is 0 Å². The Labute approximate surface area is 91.4 Å². The van der Waals surface area contributed by atoms with E-state index in [1.165, 1.54) is 11.3 Å². The van der Waals surface area contributed by atoms with E-state index in [2.05, 4.69) is 4.98 Å². The molecule has 1 radical (unpaired) electrons. The highest BCUT2D eigenvalue weighted by Gasteiger charge is 2.11. The first-order valence-corrected chi connectivity index (χ1v) is 5.31. The van der Waals surface area contributed by atoms with E-state index in [9.17, 15) is 0 Å². The van der Waals surface area contributed by atoms with E-state index < -0.39 is 0 Å². The Morgan fingerprint density at radius 3 is 2.57 bits per heavy atom. The normalized spacial score (nSPS) is 10.8. The third kappa shape index (κ3) is 1.95. The summed E-state index contributed by atoms with van der Waals surface area (Å²) < 4.78 is 0. The average molecular weight is 224 g/mol. The molecule has 0 bridgehead atoms. The number of hydrogen-bond acceptors (Lipinski definition) is 3. The van der Waals surface area contributed by atoms with Crippen LogP contribution in [0.15, 0.2) is 35.8 Å². The second-order valence-electron chi connectivity index (χ2n) is 2.76. The minimum absolute atomic E-state index is 0.691. The summed E-state index contributed by atoms with van der Waals surface area (Å²) in [4.78, 5) is 4.14. The monoisotopic (exact) mass is 223 g/mol. The molecule has 4 heteroatoms. The van der Waals surface area contributed by atoms with Crippen molar-refractivity contribution in [2.75, 3.05) is 0 Å². The van der Waals surface area contributed by atoms with E-state index in [0.717, 1.165) is 10.6 Å². The number of halogens is 1. The van der Waals surface area contributed by atoms with Gasteiger partial charge in [-0.05, 0) is 17.7 Å². The Hall–Kier alpha value is -0.900. The number of nitrogens with zero attached hydrogens (tertiary/aromatic N) is 1. The molecule has 1 heterocycles. The molecule has 2 aromatic rings. The van der Waals surface area contributed by atoms with Gasteiger partial charge in [0.25, 0.3) is 0 Å². The summed E-state index contributed by atoms with van der Waals surface area (Å²) in [7, 11) is 0. The number of hydrogen-bond donors (Lipinski definition) is 1. The van der Waals surface area contributed by atoms with E-state index in [-0.39, 0.29) is 0 Å². The van der Waals surface area contributed by atoms with Gasteiger partial charge in [0, 0.05) is 16.6 Å². The first kappa shape index (κ1) is 9.65. The fraction of sp³-hybridized carbons (Fsp3) is 0. The fourth-order valence-electron chi connectivity index (χ4n) is 1.11. The Bertz CT molecular complexity index is 397. The van der Waals surface area contributed by atoms with Gasteiger partial charge in [-0.25, -0.2) is 4.98 Å². The summed E-state index contributed by atoms with van der Waals surface area (Å²) in [5.74, 6) is 0. The predicted octanol–water partition coefficient (Wildman–Crippen LogP) is 2.68. The van der Waals surface area contributed by atoms with Gasteiger partial charge < -0.3 is 5.73 Å². The molecule has 2 rings (SSSR count). The lowest BCUT2D eigenvalue weighted by Crippen LogP contribution is -2.12. The van der Waals surface area contributed by atoms with Gasteiger partial charge >= 0.3 is 0 Å². The smallest absolute Gasteiger partial charge is 0.123 e. The van der Waals surface area contributed by atoms with Crippen molar-refractivity contribution in [1.82, 2.24) is 4.98 Å². The molecule has 0 spiro atoms. The molecule has 0 atom stereocenters. The van der Waals surface area contributed by atoms with E-state index in [1.807, 2.05) is 29.6 Å². The molecular weight excluding hydrogens is 216 g/mol. The topological polar surface area (TPSA) is 38.9 Å². The molecule has 0 aliphatic heterocycles. The number of thiazole rings is 1. The number of nitrogens with two attached hydrogens (primary N) is 1. The first-order valence-electron chi connectivity index (χ1n) is 4.05. The van der Waals surface area contributed by atoms with Crippen molar-refractivity contribution >= 4 is 22.9 Å². The molecule has 0 aliphatic rings. The second-order valence-corrected chi connectivity index (χ2v) is 4.09. The third-order valence-corrected chi connectivity index (χ3v) is 2.88. The summed E-state index contributed by atoms with van der Waals surface area (Å²) in [6.07, 6.45) is 1.74. The lowest BCUT2D eigenvalue weighted by Gasteiger charge is -2.06. The van der Waals surface area contributed by atoms with E-state index in [4.69, 9.17) is 17.3 Å². The molecule has 0 saturated carbocycles. The molecule has 71 valence electrons. The van der Waals surface area contributed by atoms with Crippen LogP contribution in [0.25, 0.3) is 0 Å². The lowest BCUT2D eigenvalue weighted by molar-refractivity contribution is 1.10. The molecule has 0 unspecified atom stereocenters. The molecule has 2 nitrogen and oxygen atoms in total. The van der Waals surface area contributed by atoms with Gasteiger partial charge in [0.2, 0.25) is 0 Å². The maximum atomic E-state index is 5.93. The summed E-state index contributed by atoms with van der Waals surface area (Å²) in [5.41, 5.74) is 6.88. The Kier molecular flexibility index (Phi) is 2.82. The molecule has 0 fully saturated rings. The Morgan fingerprint density at radius 1 is 1.29 bits per heavy atom. The molecule has 0 aliphatic carbocycles. The van der Waals surface area contributed by atoms with Crippen molar-refractivity contribution in [1.29, 1.82) is 0 Å². The van der Waals surface area contributed by atoms with Gasteiger partial charge in [0.1, 0.15) is 11.0 Å². The van der Waals surface area contributed by atoms with Crippen molar-refractivity contribution in [2.45, 2.75) is 0 Å². The summed E-state index contributed by atoms with van der Waals surface area (Å²) >= 11 is 7.30. The molecule has 1 aromatic heterocycles. The van der Waals surface area contributed by atoms with Crippen LogP contribution in [-0.4, -0.2) is 4.98 Å². The molecule has 0 saturated heterocycles. The van der Waals surface area contributed by atoms with Gasteiger partial charge in [-0.2, -0.15) is 0 Å². The Balaban J connectivity index is 2.28. The van der Waals surface area contributed by atoms with Gasteiger partial charge in [0.05, 0.1) is 0 Å². The maximum Gasteiger partial charge on any atom is 0.123 e. The molecule has 0 amide bonds. The highest BCUT2D eigenvalue weighted by atomic mass is 35.5. The van der Waals surface area contributed by atoms with Crippen molar-refractivity contribution in [3.8, 4) is 0 Å². The average Bonchev–Trinajstić information content (AvgIpc) is 2.71. The number of rotatable bonds is 2. The minimum atomic E-state index is 0.691. The molecule has 1 aromatic carbocycles. The van der Waals surface area contributed by atoms with E-state index >= 15 is 0 Å². The molecule has 14 heavy (non-hydrogen) atoms. The van der Waals surface area contributed by atoms with Crippen LogP contribution in [0, 0.1) is 6.04 Å². The van der Waals surface area contributed by atoms with Crippen LogP contribution in [0.4, 0.5) is 0 Å². The zero-order valence-electron chi connectivity index (χ0n) is 7.27. The highest BCUT2D eigenvalue weighted by molar-refractivity contribution is 7.09. The fourth-order valence-corrected chi connectivity index (χ4v) is 1.85. The largest absolute Gasteiger partial charge is 0.314 e. The van der Waals surface area contributed by atoms with Crippen LogP contribution in [0.5, 0.6) is 0 Å². The standard InChI is InChI=1S/C10H8ClN2S/c11-8-3-1-7(2-4-8)9(12)10-13-5-6-14-10/h1-6H,12H2. The third-order valence-electron chi connectivity index (χ3n) is 1.82. The summed E-state index contributed by atoms with van der Waals surface area (Å²) in [6.45, 7) is 0. The highest BCUT2D eigenvalue weighted by Crippen LogP contribution is 2.21. The quantitative estimate of drug-likeness (QED) is 0.850. The zero-order chi connectivity index (χ0) is 9.97. The van der Waals surface area contributed by atoms with Crippen molar-refractivity contribution in [3.05, 3.63) is 57.5 Å². The van der Waals surface area contributed by atoms with Crippen LogP contribution < -0.4 is 5.73 Å². The summed E-state index contributed by atoms with van der Waals surface area (Å²) in [5, 5.41) is 3.45. The van der Waals surface area contributed by atoms with Gasteiger partial charge in [-0.1, -0.05) is 23.7 Å². The predicted molar refractivity (Wildman–Crippen MR) is 59.2 cm³/mol. The molecular formula is C10H8ClN2S. The van der Waals surface area contributed by atoms with Crippen LogP contribution in [0.1, 0.15) is 10.6 Å². The van der Waals surface area contributed by atoms with Crippen LogP contribution in [-0.2, 0) is 0 Å². The van der Waals surface area contributed by atoms with Crippen LogP contribution >= 0.6 is 22.9 Å². The van der Waals surface area contributed by atoms with Crippen molar-refractivity contribution in [2.24, 2.45) is 5.73 Å². The lowest BCUT2D eigenvalue weighted by atomic mass is 10.1. The van der Waals surface area contributed by atoms with Gasteiger partial charge in [-0.15, -0.1) is 11.3 Å². The molecule has 2 N–H and O–H groups in total. The minimum Gasteiger partial charge on any atom is -0.314 e. The van der Waals surface area contributed by atoms with Gasteiger partial charge in [-0.3, -0.25) is 0 Å². The maximum absolute atomic E-state index is 5.93. The first-order chi connectivity index (χ1) is 6.77. The Morgan fingerprint density at radius 2 is 2.00 bits per heavy atom. The second kappa shape index (κ2) is 4.09. The van der Waals surface area contributed by atoms with E-state index in [0.29, 0.717) is 11.1 Å². The zero-order valence-corrected chi connectivity index (χ0v) is 8.85. The van der Waals surface area contributed by atoms with Crippen LogP contribution in [0.2, 0.25) is 5.02 Å². The van der Waals surface area contributed by atoms with Gasteiger partial charge in [0.15, 0.2) is 0 Å². The van der Waals surface area contributed by atoms with Crippen molar-refractivity contribution in [3.63, 3.8) is 0 Å². The summed E-state index contributed by atoms with van der Waals surface area (Å²) in [6, 6.07) is 8.10. The van der Waals surface area contributed by atoms with E-state index in [1.54, 1.807) is 6.20 Å². The number of benzene rings is 1. The SMILES string of the molecule is N[C](c1ccc(Cl)cc1)c1nccs1. The number of aromatic nitrogens is 1.